The average Bonchev–Trinajstić information content (AvgIpc) is 2.17. The van der Waals surface area contributed by atoms with Crippen LogP contribution in [0.3, 0.4) is 0 Å². The van der Waals surface area contributed by atoms with Crippen molar-refractivity contribution < 1.29 is 15.0 Å². The summed E-state index contributed by atoms with van der Waals surface area (Å²) in [6, 6.07) is 0. The van der Waals surface area contributed by atoms with E-state index in [4.69, 9.17) is 10.2 Å². The van der Waals surface area contributed by atoms with Crippen molar-refractivity contribution in [2.24, 2.45) is 5.92 Å². The molecule has 1 amide bonds. The maximum Gasteiger partial charge on any atom is 0.220 e. The van der Waals surface area contributed by atoms with Gasteiger partial charge >= 0.3 is 0 Å². The summed E-state index contributed by atoms with van der Waals surface area (Å²) in [5, 5.41) is 20.6. The third-order valence-corrected chi connectivity index (χ3v) is 2.32. The van der Waals surface area contributed by atoms with Crippen LogP contribution in [-0.4, -0.2) is 34.9 Å². The highest BCUT2D eigenvalue weighted by Gasteiger charge is 2.23. The van der Waals surface area contributed by atoms with Crippen LogP contribution in [0.15, 0.2) is 0 Å². The van der Waals surface area contributed by atoms with Crippen LogP contribution < -0.4 is 5.32 Å². The number of nitrogens with one attached hydrogen (secondary N) is 1. The molecule has 0 aliphatic heterocycles. The van der Waals surface area contributed by atoms with E-state index in [0.717, 1.165) is 12.8 Å². The molecule has 0 radical (unpaired) electrons. The summed E-state index contributed by atoms with van der Waals surface area (Å²) in [4.78, 5) is 11.4. The Bertz CT molecular complexity index is 188. The van der Waals surface area contributed by atoms with Gasteiger partial charge in [-0.15, -0.1) is 0 Å². The molecule has 0 atom stereocenters. The van der Waals surface area contributed by atoms with Gasteiger partial charge in [0.25, 0.3) is 0 Å². The minimum atomic E-state index is -0.894. The summed E-state index contributed by atoms with van der Waals surface area (Å²) in [7, 11) is 0. The lowest BCUT2D eigenvalue weighted by Crippen LogP contribution is -2.51. The van der Waals surface area contributed by atoms with Gasteiger partial charge in [0.1, 0.15) is 0 Å². The fourth-order valence-electron chi connectivity index (χ4n) is 1.20. The van der Waals surface area contributed by atoms with Gasteiger partial charge in [0.2, 0.25) is 5.91 Å². The van der Waals surface area contributed by atoms with Crippen molar-refractivity contribution in [3.63, 3.8) is 0 Å². The Morgan fingerprint density at radius 1 is 1.33 bits per heavy atom. The zero-order valence-electron chi connectivity index (χ0n) is 9.92. The van der Waals surface area contributed by atoms with Crippen LogP contribution in [0, 0.1) is 5.92 Å². The van der Waals surface area contributed by atoms with Gasteiger partial charge in [0.05, 0.1) is 18.8 Å². The highest BCUT2D eigenvalue weighted by molar-refractivity contribution is 5.76. The van der Waals surface area contributed by atoms with Crippen LogP contribution in [0.2, 0.25) is 0 Å². The molecule has 0 aromatic heterocycles. The topological polar surface area (TPSA) is 69.6 Å². The van der Waals surface area contributed by atoms with Crippen LogP contribution in [0.5, 0.6) is 0 Å². The third-order valence-electron chi connectivity index (χ3n) is 2.32. The van der Waals surface area contributed by atoms with Gasteiger partial charge in [0.15, 0.2) is 0 Å². The number of carbonyl (C=O) groups is 1. The van der Waals surface area contributed by atoms with Crippen molar-refractivity contribution in [2.75, 3.05) is 13.2 Å². The van der Waals surface area contributed by atoms with E-state index in [-0.39, 0.29) is 19.1 Å². The first-order chi connectivity index (χ1) is 6.93. The molecule has 4 nitrogen and oxygen atoms in total. The Morgan fingerprint density at radius 3 is 2.27 bits per heavy atom. The summed E-state index contributed by atoms with van der Waals surface area (Å²) in [6.45, 7) is 5.35. The highest BCUT2D eigenvalue weighted by Crippen LogP contribution is 2.07. The first-order valence-corrected chi connectivity index (χ1v) is 5.46. The molecule has 0 bridgehead atoms. The summed E-state index contributed by atoms with van der Waals surface area (Å²) in [5.74, 6) is 0.487. The SMILES string of the molecule is CC(C)CCCC(=O)NC(C)(CO)CO. The van der Waals surface area contributed by atoms with Crippen molar-refractivity contribution in [1.29, 1.82) is 0 Å². The lowest BCUT2D eigenvalue weighted by atomic mass is 10.0. The highest BCUT2D eigenvalue weighted by atomic mass is 16.3. The van der Waals surface area contributed by atoms with Gasteiger partial charge in [-0.05, 0) is 19.3 Å². The van der Waals surface area contributed by atoms with E-state index in [1.54, 1.807) is 6.92 Å². The predicted octanol–water partition coefficient (Wildman–Crippen LogP) is 0.672. The van der Waals surface area contributed by atoms with Crippen molar-refractivity contribution >= 4 is 5.91 Å². The zero-order valence-corrected chi connectivity index (χ0v) is 9.92. The lowest BCUT2D eigenvalue weighted by molar-refractivity contribution is -0.124. The molecular formula is C11H23NO3. The van der Waals surface area contributed by atoms with Crippen LogP contribution >= 0.6 is 0 Å². The minimum absolute atomic E-state index is 0.110. The minimum Gasteiger partial charge on any atom is -0.394 e. The molecule has 0 aromatic carbocycles. The molecule has 0 heterocycles. The third kappa shape index (κ3) is 6.47. The van der Waals surface area contributed by atoms with Crippen LogP contribution in [0.1, 0.15) is 40.0 Å². The molecule has 0 rings (SSSR count). The van der Waals surface area contributed by atoms with Crippen LogP contribution in [0.4, 0.5) is 0 Å². The summed E-state index contributed by atoms with van der Waals surface area (Å²) >= 11 is 0. The molecule has 15 heavy (non-hydrogen) atoms. The fraction of sp³-hybridized carbons (Fsp3) is 0.909. The second-order valence-electron chi connectivity index (χ2n) is 4.71. The molecule has 0 aliphatic rings. The van der Waals surface area contributed by atoms with E-state index >= 15 is 0 Å². The van der Waals surface area contributed by atoms with Crippen LogP contribution in [-0.2, 0) is 4.79 Å². The van der Waals surface area contributed by atoms with E-state index in [9.17, 15) is 4.79 Å². The number of amides is 1. The number of carbonyl (C=O) groups excluding carboxylic acids is 1. The molecule has 0 unspecified atom stereocenters. The first-order valence-electron chi connectivity index (χ1n) is 5.46. The molecule has 0 saturated heterocycles. The van der Waals surface area contributed by atoms with E-state index in [1.165, 1.54) is 0 Å². The van der Waals surface area contributed by atoms with E-state index < -0.39 is 5.54 Å². The van der Waals surface area contributed by atoms with E-state index in [1.807, 2.05) is 0 Å². The normalized spacial score (nSPS) is 11.9. The second-order valence-corrected chi connectivity index (χ2v) is 4.71. The summed E-state index contributed by atoms with van der Waals surface area (Å²) in [6.07, 6.45) is 2.31. The van der Waals surface area contributed by atoms with Gasteiger partial charge in [-0.25, -0.2) is 0 Å². The first kappa shape index (κ1) is 14.4. The molecule has 0 fully saturated rings. The van der Waals surface area contributed by atoms with Gasteiger partial charge in [-0.3, -0.25) is 4.79 Å². The zero-order chi connectivity index (χ0) is 11.9. The molecular weight excluding hydrogens is 194 g/mol. The van der Waals surface area contributed by atoms with Gasteiger partial charge in [0, 0.05) is 6.42 Å². The quantitative estimate of drug-likeness (QED) is 0.587. The molecule has 0 aliphatic carbocycles. The van der Waals surface area contributed by atoms with Crippen molar-refractivity contribution in [3.05, 3.63) is 0 Å². The molecule has 0 saturated carbocycles. The monoisotopic (exact) mass is 217 g/mol. The number of rotatable bonds is 7. The Hall–Kier alpha value is -0.610. The van der Waals surface area contributed by atoms with Gasteiger partial charge < -0.3 is 15.5 Å². The van der Waals surface area contributed by atoms with Crippen molar-refractivity contribution in [1.82, 2.24) is 5.32 Å². The Kier molecular flexibility index (Phi) is 6.52. The maximum absolute atomic E-state index is 11.4. The standard InChI is InChI=1S/C11H23NO3/c1-9(2)5-4-6-10(15)12-11(3,7-13)8-14/h9,13-14H,4-8H2,1-3H3,(H,12,15). The maximum atomic E-state index is 11.4. The number of hydrogen-bond acceptors (Lipinski definition) is 3. The predicted molar refractivity (Wildman–Crippen MR) is 59.4 cm³/mol. The van der Waals surface area contributed by atoms with Gasteiger partial charge in [-0.1, -0.05) is 20.3 Å². The molecule has 90 valence electrons. The number of aliphatic hydroxyl groups is 2. The summed E-state index contributed by atoms with van der Waals surface area (Å²) in [5.41, 5.74) is -0.894. The Morgan fingerprint density at radius 2 is 1.87 bits per heavy atom. The van der Waals surface area contributed by atoms with Crippen molar-refractivity contribution in [3.8, 4) is 0 Å². The fourth-order valence-corrected chi connectivity index (χ4v) is 1.20. The molecule has 4 heteroatoms. The molecule has 0 spiro atoms. The van der Waals surface area contributed by atoms with E-state index in [0.29, 0.717) is 12.3 Å². The second kappa shape index (κ2) is 6.80. The summed E-state index contributed by atoms with van der Waals surface area (Å²) < 4.78 is 0. The smallest absolute Gasteiger partial charge is 0.220 e. The lowest BCUT2D eigenvalue weighted by Gasteiger charge is -2.26. The largest absolute Gasteiger partial charge is 0.394 e. The Labute approximate surface area is 91.7 Å². The van der Waals surface area contributed by atoms with Gasteiger partial charge in [-0.2, -0.15) is 0 Å². The van der Waals surface area contributed by atoms with Crippen LogP contribution in [0.25, 0.3) is 0 Å². The Balaban J connectivity index is 3.82. The number of hydrogen-bond donors (Lipinski definition) is 3. The van der Waals surface area contributed by atoms with E-state index in [2.05, 4.69) is 19.2 Å². The molecule has 3 N–H and O–H groups in total. The average molecular weight is 217 g/mol. The number of aliphatic hydroxyl groups excluding tert-OH is 2. The van der Waals surface area contributed by atoms with Crippen molar-refractivity contribution in [2.45, 2.75) is 45.6 Å². The molecule has 0 aromatic rings.